The van der Waals surface area contributed by atoms with Crippen molar-refractivity contribution in [3.05, 3.63) is 87.1 Å². The van der Waals surface area contributed by atoms with E-state index in [-0.39, 0.29) is 69.3 Å². The highest BCUT2D eigenvalue weighted by Gasteiger charge is 2.26. The van der Waals surface area contributed by atoms with Crippen molar-refractivity contribution in [1.82, 2.24) is 9.97 Å². The quantitative estimate of drug-likeness (QED) is 0.0533. The number of ether oxygens (including phenoxy) is 5. The van der Waals surface area contributed by atoms with Gasteiger partial charge < -0.3 is 68.2 Å². The number of nitrogen functional groups attached to an aromatic ring is 4. The molecule has 0 saturated heterocycles. The number of nitrogens with zero attached hydrogens (tertiary/aromatic N) is 4. The molecule has 7 rings (SSSR count). The van der Waals surface area contributed by atoms with E-state index in [2.05, 4.69) is 20.8 Å². The van der Waals surface area contributed by atoms with Gasteiger partial charge in [-0.05, 0) is 46.4 Å². The van der Waals surface area contributed by atoms with Gasteiger partial charge in [0.25, 0.3) is 11.8 Å². The summed E-state index contributed by atoms with van der Waals surface area (Å²) in [6.07, 6.45) is -1.37. The summed E-state index contributed by atoms with van der Waals surface area (Å²) < 4.78 is 27.0. The number of pyridine rings is 2. The van der Waals surface area contributed by atoms with Crippen molar-refractivity contribution >= 4 is 96.3 Å². The third-order valence-corrected chi connectivity index (χ3v) is 12.5. The van der Waals surface area contributed by atoms with E-state index in [4.69, 9.17) is 53.3 Å². The van der Waals surface area contributed by atoms with E-state index >= 15 is 0 Å². The monoisotopic (exact) mass is 958 g/mol. The molecule has 14 N–H and O–H groups in total. The summed E-state index contributed by atoms with van der Waals surface area (Å²) in [5.74, 6) is -0.546. The van der Waals surface area contributed by atoms with Gasteiger partial charge in [0.15, 0.2) is 23.0 Å². The zero-order valence-electron chi connectivity index (χ0n) is 36.8. The summed E-state index contributed by atoms with van der Waals surface area (Å²) in [4.78, 5) is 44.5. The molecule has 0 aliphatic heterocycles. The molecule has 2 amide bonds. The van der Waals surface area contributed by atoms with E-state index in [1.165, 1.54) is 21.3 Å². The van der Waals surface area contributed by atoms with Gasteiger partial charge in [-0.3, -0.25) is 14.4 Å². The molecule has 1 atom stereocenters. The second-order valence-electron chi connectivity index (χ2n) is 14.7. The van der Waals surface area contributed by atoms with Crippen LogP contribution in [0.2, 0.25) is 6.82 Å². The van der Waals surface area contributed by atoms with Gasteiger partial charge in [-0.25, -0.2) is 9.97 Å². The Morgan fingerprint density at radius 3 is 1.65 bits per heavy atom. The number of anilines is 4. The number of esters is 1. The Morgan fingerprint density at radius 2 is 1.22 bits per heavy atom. The van der Waals surface area contributed by atoms with Crippen LogP contribution in [0, 0.1) is 22.7 Å². The molecular weight excluding hydrogens is 916 g/mol. The fourth-order valence-electron chi connectivity index (χ4n) is 7.02. The zero-order valence-corrected chi connectivity index (χ0v) is 38.4. The highest BCUT2D eigenvalue weighted by Crippen LogP contribution is 2.46. The fourth-order valence-corrected chi connectivity index (χ4v) is 8.95. The largest absolute Gasteiger partial charge is 0.493 e. The molecule has 0 fully saturated rings. The van der Waals surface area contributed by atoms with Crippen molar-refractivity contribution in [2.45, 2.75) is 26.0 Å². The average molecular weight is 959 g/mol. The van der Waals surface area contributed by atoms with Crippen molar-refractivity contribution in [2.24, 2.45) is 11.5 Å². The van der Waals surface area contributed by atoms with E-state index in [1.807, 2.05) is 30.3 Å². The molecule has 7 aromatic rings. The summed E-state index contributed by atoms with van der Waals surface area (Å²) in [5.41, 5.74) is 39.3. The minimum Gasteiger partial charge on any atom is -0.493 e. The molecule has 20 nitrogen and oxygen atoms in total. The summed E-state index contributed by atoms with van der Waals surface area (Å²) >= 11 is 2.00. The number of carbonyl (C=O) groups is 3. The average Bonchev–Trinajstić information content (AvgIpc) is 3.83. The third-order valence-electron chi connectivity index (χ3n) is 10.3. The number of primary amides is 2. The number of fused-ring (bicyclic) bond motifs is 2. The predicted octanol–water partition coefficient (Wildman–Crippen LogP) is 3.92. The summed E-state index contributed by atoms with van der Waals surface area (Å²) in [6.45, 7) is 1.09. The van der Waals surface area contributed by atoms with Gasteiger partial charge in [0, 0.05) is 21.9 Å². The highest BCUT2D eigenvalue weighted by atomic mass is 32.1. The smallest absolute Gasteiger partial charge is 0.320 e. The second-order valence-corrected chi connectivity index (χ2v) is 16.7. The minimum absolute atomic E-state index is 0.0143. The van der Waals surface area contributed by atoms with E-state index in [9.17, 15) is 35.0 Å². The van der Waals surface area contributed by atoms with Crippen LogP contribution in [0.15, 0.2) is 60.7 Å². The Kier molecular flexibility index (Phi) is 15.1. The number of hydrogen-bond donors (Lipinski definition) is 8. The maximum atomic E-state index is 11.9. The van der Waals surface area contributed by atoms with Crippen LogP contribution in [0.4, 0.5) is 23.0 Å². The number of aliphatic hydroxyl groups is 1. The molecule has 0 unspecified atom stereocenters. The Labute approximate surface area is 396 Å². The first-order valence-corrected chi connectivity index (χ1v) is 21.7. The molecule has 0 radical (unpaired) electrons. The molecular formula is C45H43BN10O10S2. The molecule has 3 aromatic carbocycles. The summed E-state index contributed by atoms with van der Waals surface area (Å²) in [7, 11) is 4.18. The molecule has 4 heterocycles. The van der Waals surface area contributed by atoms with Crippen molar-refractivity contribution in [1.29, 1.82) is 10.5 Å². The normalized spacial score (nSPS) is 11.1. The van der Waals surface area contributed by atoms with Gasteiger partial charge in [-0.1, -0.05) is 43.2 Å². The molecule has 0 aliphatic rings. The number of thiophene rings is 2. The van der Waals surface area contributed by atoms with Crippen LogP contribution >= 0.6 is 22.7 Å². The summed E-state index contributed by atoms with van der Waals surface area (Å²) in [6, 6.07) is 21.5. The van der Waals surface area contributed by atoms with Crippen LogP contribution in [0.25, 0.3) is 42.7 Å². The highest BCUT2D eigenvalue weighted by molar-refractivity contribution is 7.21. The number of nitrogens with two attached hydrogens (primary N) is 6. The molecule has 0 bridgehead atoms. The molecule has 0 saturated carbocycles. The second kappa shape index (κ2) is 20.9. The molecule has 0 aliphatic carbocycles. The standard InChI is InChI=1S/C24H22BN5O4S.C21H21N5O6S/c1-25(32)14-5-3-4-12(8-14)11-34-17-9-13(6-7-16(17)33-2)18-15(10-26)22(28)30-24-19(18)20(27)21(35-24)23(29)31;1-30-12-4-3-9(5-13(12)32-8-10(27)6-14(28)31-2)15-11(7-22)19(24)26-21-16(15)17(23)18(33-21)20(25)29/h3-9,32H,11,27H2,1-2H3,(H2,28,30)(H2,29,31);3-5,10,27H,6,8,23H2,1-2H3,(H2,24,26)(H2,25,29)/t;10-/m.0/s1. The maximum absolute atomic E-state index is 11.9. The van der Waals surface area contributed by atoms with Crippen LogP contribution < -0.4 is 58.8 Å². The van der Waals surface area contributed by atoms with Crippen LogP contribution in [-0.4, -0.2) is 78.8 Å². The lowest BCUT2D eigenvalue weighted by atomic mass is 9.64. The van der Waals surface area contributed by atoms with Crippen molar-refractivity contribution in [3.8, 4) is 57.4 Å². The lowest BCUT2D eigenvalue weighted by molar-refractivity contribution is -0.143. The molecule has 4 aromatic heterocycles. The first-order valence-electron chi connectivity index (χ1n) is 20.0. The summed E-state index contributed by atoms with van der Waals surface area (Å²) in [5, 5.41) is 40.3. The van der Waals surface area contributed by atoms with E-state index in [1.54, 1.807) is 43.2 Å². The number of aliphatic hydroxyl groups excluding tert-OH is 1. The van der Waals surface area contributed by atoms with Crippen molar-refractivity contribution in [3.63, 3.8) is 0 Å². The van der Waals surface area contributed by atoms with Crippen LogP contribution in [0.3, 0.4) is 0 Å². The lowest BCUT2D eigenvalue weighted by Crippen LogP contribution is -2.26. The zero-order chi connectivity index (χ0) is 49.6. The first kappa shape index (κ1) is 49.1. The van der Waals surface area contributed by atoms with Crippen molar-refractivity contribution in [2.75, 3.05) is 50.9 Å². The Morgan fingerprint density at radius 1 is 0.735 bits per heavy atom. The maximum Gasteiger partial charge on any atom is 0.320 e. The van der Waals surface area contributed by atoms with Crippen LogP contribution in [0.5, 0.6) is 23.0 Å². The minimum atomic E-state index is -1.12. The Hall–Kier alpha value is -8.35. The molecule has 0 spiro atoms. The van der Waals surface area contributed by atoms with Gasteiger partial charge in [0.1, 0.15) is 67.5 Å². The number of benzene rings is 3. The topological polar surface area (TPSA) is 367 Å². The van der Waals surface area contributed by atoms with E-state index in [0.717, 1.165) is 33.7 Å². The van der Waals surface area contributed by atoms with Gasteiger partial charge >= 0.3 is 12.9 Å². The molecule has 68 heavy (non-hydrogen) atoms. The number of hydrogen-bond acceptors (Lipinski definition) is 20. The van der Waals surface area contributed by atoms with E-state index in [0.29, 0.717) is 59.9 Å². The third kappa shape index (κ3) is 10.1. The molecule has 23 heteroatoms. The van der Waals surface area contributed by atoms with Gasteiger partial charge in [0.2, 0.25) is 0 Å². The van der Waals surface area contributed by atoms with Crippen molar-refractivity contribution < 1.29 is 48.2 Å². The number of rotatable bonds is 15. The van der Waals surface area contributed by atoms with E-state index < -0.39 is 30.8 Å². The van der Waals surface area contributed by atoms with Gasteiger partial charge in [-0.15, -0.1) is 22.7 Å². The first-order chi connectivity index (χ1) is 32.5. The lowest BCUT2D eigenvalue weighted by Gasteiger charge is -2.16. The van der Waals surface area contributed by atoms with Gasteiger partial charge in [-0.2, -0.15) is 10.5 Å². The number of carbonyl (C=O) groups excluding carboxylic acids is 3. The van der Waals surface area contributed by atoms with Gasteiger partial charge in [0.05, 0.1) is 45.2 Å². The van der Waals surface area contributed by atoms with Crippen LogP contribution in [-0.2, 0) is 16.1 Å². The Balaban J connectivity index is 0.000000224. The fraction of sp³-hybridized carbons (Fsp3) is 0.178. The number of methoxy groups -OCH3 is 3. The molecule has 348 valence electrons. The SMILES string of the molecule is COC(=O)C[C@H](O)COc1cc(-c2c(C#N)c(N)nc3sc(C(N)=O)c(N)c23)ccc1OC.COc1ccc(-c2c(C#N)c(N)nc3sc(C(N)=O)c(N)c23)cc1OCc1cccc(B(C)O)c1. The number of aromatic nitrogens is 2. The Bertz CT molecular complexity index is 3200. The number of amides is 2. The predicted molar refractivity (Wildman–Crippen MR) is 260 cm³/mol. The van der Waals surface area contributed by atoms with Crippen LogP contribution in [0.1, 0.15) is 42.5 Å². The number of nitriles is 2.